The first-order chi connectivity index (χ1) is 12.0. The molecule has 2 aliphatic heterocycles. The molecule has 130 valence electrons. The van der Waals surface area contributed by atoms with Gasteiger partial charge in [-0.1, -0.05) is 0 Å². The number of nitrogens with zero attached hydrogens (tertiary/aromatic N) is 4. The van der Waals surface area contributed by atoms with Crippen molar-refractivity contribution in [2.24, 2.45) is 11.0 Å². The predicted molar refractivity (Wildman–Crippen MR) is 87.8 cm³/mol. The molecule has 0 saturated carbocycles. The molecular weight excluding hydrogens is 326 g/mol. The number of hydrogen-bond donors (Lipinski definition) is 0. The Kier molecular flexibility index (Phi) is 3.86. The van der Waals surface area contributed by atoms with Crippen LogP contribution in [0, 0.1) is 24.5 Å². The molecule has 1 amide bonds. The number of halogens is 2. The number of carbonyl (C=O) groups excluding carboxylic acids is 1. The second kappa shape index (κ2) is 6.06. The monoisotopic (exact) mass is 344 g/mol. The molecule has 1 aromatic heterocycles. The fourth-order valence-corrected chi connectivity index (χ4v) is 3.66. The smallest absolute Gasteiger partial charge is 0.246 e. The summed E-state index contributed by atoms with van der Waals surface area (Å²) in [4.78, 5) is 17.3. The van der Waals surface area contributed by atoms with Gasteiger partial charge < -0.3 is 4.57 Å². The lowest BCUT2D eigenvalue weighted by atomic mass is 9.93. The van der Waals surface area contributed by atoms with Gasteiger partial charge in [0.1, 0.15) is 11.6 Å². The normalized spacial score (nSPS) is 22.3. The molecule has 3 heterocycles. The number of fused-ring (bicyclic) bond motifs is 1. The van der Waals surface area contributed by atoms with Crippen LogP contribution in [0.25, 0.3) is 0 Å². The van der Waals surface area contributed by atoms with Crippen LogP contribution < -0.4 is 0 Å². The number of aromatic nitrogens is 2. The van der Waals surface area contributed by atoms with Gasteiger partial charge in [0.05, 0.1) is 18.1 Å². The highest BCUT2D eigenvalue weighted by Crippen LogP contribution is 2.33. The largest absolute Gasteiger partial charge is 0.334 e. The van der Waals surface area contributed by atoms with E-state index in [0.717, 1.165) is 24.0 Å². The second-order valence-electron chi connectivity index (χ2n) is 6.59. The van der Waals surface area contributed by atoms with Crippen LogP contribution in [0.1, 0.15) is 35.8 Å². The minimum atomic E-state index is -0.647. The van der Waals surface area contributed by atoms with Gasteiger partial charge in [-0.05, 0) is 31.0 Å². The summed E-state index contributed by atoms with van der Waals surface area (Å²) in [6.07, 6.45) is 5.21. The molecule has 0 radical (unpaired) electrons. The van der Waals surface area contributed by atoms with Crippen LogP contribution in [0.2, 0.25) is 0 Å². The van der Waals surface area contributed by atoms with E-state index in [0.29, 0.717) is 24.8 Å². The number of benzene rings is 1. The Balaban J connectivity index is 1.57. The first kappa shape index (κ1) is 15.9. The van der Waals surface area contributed by atoms with E-state index in [2.05, 4.69) is 14.7 Å². The molecule has 0 saturated heterocycles. The van der Waals surface area contributed by atoms with Gasteiger partial charge in [0, 0.05) is 43.3 Å². The van der Waals surface area contributed by atoms with Gasteiger partial charge in [0.25, 0.3) is 0 Å². The molecular formula is C18H18F2N4O. The summed E-state index contributed by atoms with van der Waals surface area (Å²) in [6, 6.07) is 2.91. The van der Waals surface area contributed by atoms with E-state index in [1.165, 1.54) is 17.1 Å². The van der Waals surface area contributed by atoms with E-state index >= 15 is 0 Å². The van der Waals surface area contributed by atoms with Gasteiger partial charge in [-0.25, -0.2) is 18.8 Å². The summed E-state index contributed by atoms with van der Waals surface area (Å²) >= 11 is 0. The van der Waals surface area contributed by atoms with Crippen LogP contribution in [0.4, 0.5) is 8.78 Å². The highest BCUT2D eigenvalue weighted by molar-refractivity contribution is 5.82. The minimum absolute atomic E-state index is 0.102. The van der Waals surface area contributed by atoms with Crippen LogP contribution in [-0.2, 0) is 17.8 Å². The van der Waals surface area contributed by atoms with E-state index in [1.807, 2.05) is 6.92 Å². The lowest BCUT2D eigenvalue weighted by molar-refractivity contribution is -0.138. The third kappa shape index (κ3) is 2.83. The van der Waals surface area contributed by atoms with Gasteiger partial charge in [0.15, 0.2) is 0 Å². The SMILES string of the molecule is Cc1ncn2c1C[C@H](C(=O)N1N=CC[C@@H]1c1cc(F)cc(F)c1)CC2. The fraction of sp³-hybridized carbons (Fsp3) is 0.389. The molecule has 0 unspecified atom stereocenters. The number of amides is 1. The summed E-state index contributed by atoms with van der Waals surface area (Å²) in [5.41, 5.74) is 2.44. The Morgan fingerprint density at radius 3 is 2.76 bits per heavy atom. The number of hydrogen-bond acceptors (Lipinski definition) is 3. The second-order valence-corrected chi connectivity index (χ2v) is 6.59. The van der Waals surface area contributed by atoms with E-state index in [9.17, 15) is 13.6 Å². The molecule has 0 aliphatic carbocycles. The molecule has 0 spiro atoms. The first-order valence-corrected chi connectivity index (χ1v) is 8.35. The Bertz CT molecular complexity index is 841. The van der Waals surface area contributed by atoms with Crippen molar-refractivity contribution >= 4 is 12.1 Å². The number of rotatable bonds is 2. The zero-order valence-electron chi connectivity index (χ0n) is 13.8. The van der Waals surface area contributed by atoms with Gasteiger partial charge in [-0.15, -0.1) is 0 Å². The molecule has 5 nitrogen and oxygen atoms in total. The molecule has 7 heteroatoms. The average molecular weight is 344 g/mol. The van der Waals surface area contributed by atoms with Crippen LogP contribution >= 0.6 is 0 Å². The molecule has 2 aliphatic rings. The molecule has 0 N–H and O–H groups in total. The van der Waals surface area contributed by atoms with Crippen LogP contribution in [0.5, 0.6) is 0 Å². The fourth-order valence-electron chi connectivity index (χ4n) is 3.66. The van der Waals surface area contributed by atoms with Crippen molar-refractivity contribution in [2.75, 3.05) is 0 Å². The van der Waals surface area contributed by atoms with Crippen LogP contribution in [0.3, 0.4) is 0 Å². The van der Waals surface area contributed by atoms with Gasteiger partial charge in [-0.2, -0.15) is 5.10 Å². The molecule has 1 aromatic carbocycles. The van der Waals surface area contributed by atoms with Crippen molar-refractivity contribution in [1.29, 1.82) is 0 Å². The van der Waals surface area contributed by atoms with E-state index < -0.39 is 17.7 Å². The Morgan fingerprint density at radius 1 is 1.24 bits per heavy atom. The van der Waals surface area contributed by atoms with Gasteiger partial charge in [-0.3, -0.25) is 4.79 Å². The van der Waals surface area contributed by atoms with Crippen LogP contribution in [0.15, 0.2) is 29.6 Å². The maximum atomic E-state index is 13.5. The number of imidazole rings is 1. The standard InChI is InChI=1S/C18H18F2N4O/c1-11-17-8-12(3-5-23(17)10-21-11)18(25)24-16(2-4-22-24)13-6-14(19)9-15(20)7-13/h4,6-7,9-10,12,16H,2-3,5,8H2,1H3/t12-,16-/m1/s1. The van der Waals surface area contributed by atoms with Crippen molar-refractivity contribution in [1.82, 2.24) is 14.6 Å². The van der Waals surface area contributed by atoms with Crippen molar-refractivity contribution in [3.63, 3.8) is 0 Å². The maximum absolute atomic E-state index is 13.5. The number of aryl methyl sites for hydroxylation is 2. The number of carbonyl (C=O) groups is 1. The van der Waals surface area contributed by atoms with Gasteiger partial charge >= 0.3 is 0 Å². The molecule has 2 aromatic rings. The van der Waals surface area contributed by atoms with Crippen molar-refractivity contribution < 1.29 is 13.6 Å². The lowest BCUT2D eigenvalue weighted by Gasteiger charge is -2.29. The third-order valence-corrected chi connectivity index (χ3v) is 4.99. The van der Waals surface area contributed by atoms with Crippen molar-refractivity contribution in [3.05, 3.63) is 53.1 Å². The Morgan fingerprint density at radius 2 is 2.00 bits per heavy atom. The highest BCUT2D eigenvalue weighted by atomic mass is 19.1. The zero-order valence-corrected chi connectivity index (χ0v) is 13.8. The summed E-state index contributed by atoms with van der Waals surface area (Å²) in [5, 5.41) is 5.57. The molecule has 0 fully saturated rings. The summed E-state index contributed by atoms with van der Waals surface area (Å²) in [6.45, 7) is 2.68. The summed E-state index contributed by atoms with van der Waals surface area (Å²) < 4.78 is 29.2. The maximum Gasteiger partial charge on any atom is 0.246 e. The first-order valence-electron chi connectivity index (χ1n) is 8.35. The van der Waals surface area contributed by atoms with Gasteiger partial charge in [0.2, 0.25) is 5.91 Å². The number of hydrazone groups is 1. The van der Waals surface area contributed by atoms with Crippen molar-refractivity contribution in [3.8, 4) is 0 Å². The molecule has 2 atom stereocenters. The Hall–Kier alpha value is -2.57. The zero-order chi connectivity index (χ0) is 17.6. The van der Waals surface area contributed by atoms with E-state index in [4.69, 9.17) is 0 Å². The average Bonchev–Trinajstić information content (AvgIpc) is 3.20. The van der Waals surface area contributed by atoms with Crippen LogP contribution in [-0.4, -0.2) is 26.7 Å². The summed E-state index contributed by atoms with van der Waals surface area (Å²) in [5.74, 6) is -1.59. The quantitative estimate of drug-likeness (QED) is 0.841. The predicted octanol–water partition coefficient (Wildman–Crippen LogP) is 2.99. The topological polar surface area (TPSA) is 50.5 Å². The lowest BCUT2D eigenvalue weighted by Crippen LogP contribution is -2.36. The minimum Gasteiger partial charge on any atom is -0.334 e. The molecule has 25 heavy (non-hydrogen) atoms. The molecule has 4 rings (SSSR count). The van der Waals surface area contributed by atoms with E-state index in [-0.39, 0.29) is 11.8 Å². The third-order valence-electron chi connectivity index (χ3n) is 4.99. The summed E-state index contributed by atoms with van der Waals surface area (Å²) in [7, 11) is 0. The van der Waals surface area contributed by atoms with Crippen molar-refractivity contribution in [2.45, 2.75) is 38.8 Å². The molecule has 0 bridgehead atoms. The highest BCUT2D eigenvalue weighted by Gasteiger charge is 2.35. The Labute approximate surface area is 144 Å². The van der Waals surface area contributed by atoms with E-state index in [1.54, 1.807) is 12.5 Å².